The topological polar surface area (TPSA) is 93.5 Å². The molecule has 2 aromatic heterocycles. The van der Waals surface area contributed by atoms with E-state index in [4.69, 9.17) is 9.72 Å². The Balaban J connectivity index is 1.58. The average Bonchev–Trinajstić information content (AvgIpc) is 3.11. The Bertz CT molecular complexity index is 1290. The van der Waals surface area contributed by atoms with E-state index in [1.165, 1.54) is 15.9 Å². The van der Waals surface area contributed by atoms with E-state index in [1.807, 2.05) is 13.8 Å². The number of anilines is 1. The molecule has 1 fully saturated rings. The number of benzene rings is 1. The van der Waals surface area contributed by atoms with Crippen LogP contribution in [-0.2, 0) is 22.6 Å². The molecule has 1 N–H and O–H groups in total. The average molecular weight is 497 g/mol. The number of likely N-dealkylation sites (tertiary alicyclic amines) is 1. The normalized spacial score (nSPS) is 14.9. The number of fused-ring (bicyclic) bond motifs is 1. The summed E-state index contributed by atoms with van der Waals surface area (Å²) in [7, 11) is 0. The van der Waals surface area contributed by atoms with E-state index in [0.717, 1.165) is 41.2 Å². The number of nitrogens with one attached hydrogen (secondary N) is 1. The SMILES string of the molecule is CCOC(=O)c1ccc(NC(=O)Cn2c(CN3CCC(C)CC3)nc3sc(C)c(C)c3c2=O)cc1. The highest BCUT2D eigenvalue weighted by atomic mass is 32.1. The third-order valence-electron chi connectivity index (χ3n) is 6.59. The van der Waals surface area contributed by atoms with Crippen LogP contribution in [0.5, 0.6) is 0 Å². The van der Waals surface area contributed by atoms with Crippen LogP contribution in [0, 0.1) is 19.8 Å². The molecule has 35 heavy (non-hydrogen) atoms. The maximum Gasteiger partial charge on any atom is 0.338 e. The summed E-state index contributed by atoms with van der Waals surface area (Å²) in [5.74, 6) is 0.586. The van der Waals surface area contributed by atoms with Crippen LogP contribution < -0.4 is 10.9 Å². The van der Waals surface area contributed by atoms with Gasteiger partial charge in [-0.25, -0.2) is 9.78 Å². The number of rotatable bonds is 7. The fourth-order valence-corrected chi connectivity index (χ4v) is 5.36. The van der Waals surface area contributed by atoms with Gasteiger partial charge in [0, 0.05) is 10.6 Å². The second-order valence-electron chi connectivity index (χ2n) is 9.19. The number of carbonyl (C=O) groups excluding carboxylic acids is 2. The lowest BCUT2D eigenvalue weighted by atomic mass is 9.99. The molecule has 0 spiro atoms. The van der Waals surface area contributed by atoms with E-state index in [-0.39, 0.29) is 18.0 Å². The van der Waals surface area contributed by atoms with Gasteiger partial charge < -0.3 is 10.1 Å². The molecule has 186 valence electrons. The first-order chi connectivity index (χ1) is 16.8. The van der Waals surface area contributed by atoms with Crippen molar-refractivity contribution in [2.45, 2.75) is 53.6 Å². The number of amides is 1. The van der Waals surface area contributed by atoms with Crippen LogP contribution in [0.1, 0.15) is 53.3 Å². The molecular weight excluding hydrogens is 464 g/mol. The zero-order valence-corrected chi connectivity index (χ0v) is 21.5. The van der Waals surface area contributed by atoms with Crippen molar-refractivity contribution in [1.29, 1.82) is 0 Å². The largest absolute Gasteiger partial charge is 0.462 e. The van der Waals surface area contributed by atoms with Gasteiger partial charge in [0.25, 0.3) is 5.56 Å². The van der Waals surface area contributed by atoms with Crippen LogP contribution in [-0.4, -0.2) is 46.0 Å². The van der Waals surface area contributed by atoms with Crippen molar-refractivity contribution in [3.05, 3.63) is 56.4 Å². The molecule has 9 heteroatoms. The van der Waals surface area contributed by atoms with Crippen LogP contribution in [0.15, 0.2) is 29.1 Å². The molecule has 0 unspecified atom stereocenters. The van der Waals surface area contributed by atoms with Crippen LogP contribution in [0.25, 0.3) is 10.2 Å². The van der Waals surface area contributed by atoms with Crippen molar-refractivity contribution in [2.75, 3.05) is 25.0 Å². The van der Waals surface area contributed by atoms with Crippen molar-refractivity contribution < 1.29 is 14.3 Å². The zero-order valence-electron chi connectivity index (χ0n) is 20.7. The molecule has 1 aromatic carbocycles. The molecule has 0 radical (unpaired) electrons. The van der Waals surface area contributed by atoms with Crippen LogP contribution in [0.4, 0.5) is 5.69 Å². The smallest absolute Gasteiger partial charge is 0.338 e. The Labute approximate surface area is 208 Å². The predicted molar refractivity (Wildman–Crippen MR) is 138 cm³/mol. The number of aromatic nitrogens is 2. The monoisotopic (exact) mass is 496 g/mol. The molecule has 0 bridgehead atoms. The molecule has 0 aliphatic carbocycles. The maximum absolute atomic E-state index is 13.5. The lowest BCUT2D eigenvalue weighted by molar-refractivity contribution is -0.116. The van der Waals surface area contributed by atoms with E-state index in [1.54, 1.807) is 31.2 Å². The van der Waals surface area contributed by atoms with Crippen molar-refractivity contribution >= 4 is 39.1 Å². The quantitative estimate of drug-likeness (QED) is 0.495. The summed E-state index contributed by atoms with van der Waals surface area (Å²) in [6, 6.07) is 6.51. The van der Waals surface area contributed by atoms with Crippen LogP contribution in [0.2, 0.25) is 0 Å². The minimum Gasteiger partial charge on any atom is -0.462 e. The third-order valence-corrected chi connectivity index (χ3v) is 7.69. The van der Waals surface area contributed by atoms with E-state index in [0.29, 0.717) is 41.5 Å². The van der Waals surface area contributed by atoms with Gasteiger partial charge in [0.1, 0.15) is 17.2 Å². The molecule has 1 aliphatic heterocycles. The number of piperidine rings is 1. The Hall–Kier alpha value is -3.04. The molecule has 1 aliphatic rings. The first-order valence-electron chi connectivity index (χ1n) is 12.1. The van der Waals surface area contributed by atoms with E-state index >= 15 is 0 Å². The molecule has 0 saturated carbocycles. The summed E-state index contributed by atoms with van der Waals surface area (Å²) < 4.78 is 6.51. The molecular formula is C26H32N4O4S. The molecule has 8 nitrogen and oxygen atoms in total. The maximum atomic E-state index is 13.5. The highest BCUT2D eigenvalue weighted by molar-refractivity contribution is 7.18. The number of hydrogen-bond donors (Lipinski definition) is 1. The summed E-state index contributed by atoms with van der Waals surface area (Å²) in [5.41, 5.74) is 1.70. The minimum atomic E-state index is -0.408. The van der Waals surface area contributed by atoms with Crippen LogP contribution >= 0.6 is 11.3 Å². The second-order valence-corrected chi connectivity index (χ2v) is 10.4. The predicted octanol–water partition coefficient (Wildman–Crippen LogP) is 4.12. The van der Waals surface area contributed by atoms with E-state index in [2.05, 4.69) is 17.1 Å². The van der Waals surface area contributed by atoms with Gasteiger partial charge in [-0.15, -0.1) is 11.3 Å². The molecule has 1 amide bonds. The number of nitrogens with zero attached hydrogens (tertiary/aromatic N) is 3. The Morgan fingerprint density at radius 3 is 2.51 bits per heavy atom. The zero-order chi connectivity index (χ0) is 25.1. The van der Waals surface area contributed by atoms with Crippen molar-refractivity contribution in [2.24, 2.45) is 5.92 Å². The summed E-state index contributed by atoms with van der Waals surface area (Å²) in [4.78, 5) is 47.3. The first-order valence-corrected chi connectivity index (χ1v) is 12.9. The minimum absolute atomic E-state index is 0.130. The Kier molecular flexibility index (Phi) is 7.66. The van der Waals surface area contributed by atoms with Gasteiger partial charge in [-0.05, 0) is 82.4 Å². The third kappa shape index (κ3) is 5.62. The first kappa shape index (κ1) is 25.1. The molecule has 1 saturated heterocycles. The lowest BCUT2D eigenvalue weighted by Gasteiger charge is -2.30. The number of hydrogen-bond acceptors (Lipinski definition) is 7. The fraction of sp³-hybridized carbons (Fsp3) is 0.462. The molecule has 3 aromatic rings. The van der Waals surface area contributed by atoms with Gasteiger partial charge in [-0.2, -0.15) is 0 Å². The Morgan fingerprint density at radius 2 is 1.86 bits per heavy atom. The number of esters is 1. The number of aryl methyl sites for hydroxylation is 2. The number of carbonyl (C=O) groups is 2. The van der Waals surface area contributed by atoms with Gasteiger partial charge >= 0.3 is 5.97 Å². The highest BCUT2D eigenvalue weighted by Gasteiger charge is 2.22. The van der Waals surface area contributed by atoms with Gasteiger partial charge in [0.15, 0.2) is 0 Å². The van der Waals surface area contributed by atoms with Gasteiger partial charge in [-0.3, -0.25) is 19.1 Å². The summed E-state index contributed by atoms with van der Waals surface area (Å²) in [6.07, 6.45) is 2.23. The molecule has 3 heterocycles. The highest BCUT2D eigenvalue weighted by Crippen LogP contribution is 2.27. The van der Waals surface area contributed by atoms with Crippen molar-refractivity contribution in [3.63, 3.8) is 0 Å². The number of ether oxygens (including phenoxy) is 1. The standard InChI is InChI=1S/C26H32N4O4S/c1-5-34-26(33)19-6-8-20(9-7-19)27-22(31)15-30-21(14-29-12-10-16(2)11-13-29)28-24-23(25(30)32)17(3)18(4)35-24/h6-9,16H,5,10-15H2,1-4H3,(H,27,31). The summed E-state index contributed by atoms with van der Waals surface area (Å²) in [5, 5.41) is 3.42. The summed E-state index contributed by atoms with van der Waals surface area (Å²) in [6.45, 7) is 10.5. The van der Waals surface area contributed by atoms with Gasteiger partial charge in [-0.1, -0.05) is 6.92 Å². The molecule has 4 rings (SSSR count). The number of thiophene rings is 1. The second kappa shape index (κ2) is 10.7. The van der Waals surface area contributed by atoms with Crippen LogP contribution in [0.3, 0.4) is 0 Å². The van der Waals surface area contributed by atoms with E-state index < -0.39 is 5.97 Å². The van der Waals surface area contributed by atoms with Gasteiger partial charge in [0.2, 0.25) is 5.91 Å². The fourth-order valence-electron chi connectivity index (χ4n) is 4.32. The Morgan fingerprint density at radius 1 is 1.17 bits per heavy atom. The van der Waals surface area contributed by atoms with Crippen molar-refractivity contribution in [1.82, 2.24) is 14.5 Å². The van der Waals surface area contributed by atoms with Gasteiger partial charge in [0.05, 0.1) is 24.1 Å². The molecule has 0 atom stereocenters. The summed E-state index contributed by atoms with van der Waals surface area (Å²) >= 11 is 1.53. The van der Waals surface area contributed by atoms with Crippen molar-refractivity contribution in [3.8, 4) is 0 Å². The van der Waals surface area contributed by atoms with E-state index in [9.17, 15) is 14.4 Å². The lowest BCUT2D eigenvalue weighted by Crippen LogP contribution is -2.37.